The van der Waals surface area contributed by atoms with E-state index in [-0.39, 0.29) is 35.6 Å². The molecule has 0 N–H and O–H groups in total. The summed E-state index contributed by atoms with van der Waals surface area (Å²) < 4.78 is 3.34. The number of halogens is 2. The molecule has 3 aromatic rings. The summed E-state index contributed by atoms with van der Waals surface area (Å²) in [5, 5.41) is 0. The minimum atomic E-state index is 0. The van der Waals surface area contributed by atoms with E-state index in [4.69, 9.17) is 0 Å². The van der Waals surface area contributed by atoms with Crippen molar-refractivity contribution in [2.24, 2.45) is 11.3 Å². The average Bonchev–Trinajstić information content (AvgIpc) is 3.55. The van der Waals surface area contributed by atoms with Crippen LogP contribution in [0, 0.1) is 36.5 Å². The number of hydrogen-bond donors (Lipinski definition) is 0. The van der Waals surface area contributed by atoms with Gasteiger partial charge in [-0.1, -0.05) is 118 Å². The molecule has 0 heterocycles. The molecule has 0 radical (unpaired) electrons. The van der Waals surface area contributed by atoms with Crippen LogP contribution in [0.3, 0.4) is 0 Å². The molecule has 3 heteroatoms. The molecular weight excluding hydrogens is 667 g/mol. The number of fused-ring (bicyclic) bond motifs is 3. The molecule has 1 atom stereocenters. The maximum Gasteiger partial charge on any atom is -0.171 e. The van der Waals surface area contributed by atoms with Crippen molar-refractivity contribution in [1.29, 1.82) is 0 Å². The predicted octanol–water partition coefficient (Wildman–Crippen LogP) is 12.5. The van der Waals surface area contributed by atoms with Crippen LogP contribution in [-0.2, 0) is 41.5 Å². The van der Waals surface area contributed by atoms with Gasteiger partial charge in [0.05, 0.1) is 0 Å². The van der Waals surface area contributed by atoms with Crippen LogP contribution in [0.2, 0.25) is 0 Å². The van der Waals surface area contributed by atoms with E-state index in [9.17, 15) is 0 Å². The van der Waals surface area contributed by atoms with E-state index in [1.165, 1.54) is 68.8 Å². The first kappa shape index (κ1) is 45.6. The molecule has 3 aromatic carbocycles. The van der Waals surface area contributed by atoms with E-state index >= 15 is 0 Å². The van der Waals surface area contributed by atoms with Gasteiger partial charge in [-0.05, 0) is 28.4 Å². The number of rotatable bonds is 1. The van der Waals surface area contributed by atoms with Gasteiger partial charge in [0, 0.05) is 0 Å². The molecule has 0 aromatic heterocycles. The standard InChI is InChI=1S/C21H25.C12H19.C6H5.C2H5.CH2.2ClH.Zr/c1-20(2,3)16-7-9-18-14(12-16)11-15-13-17(21(4,5)6)8-10-19(15)18;1-6-10-7-9(2)8-11(10)12(3,4)5;1-2-4-6-5-3-1;1-2;;;;/h7-10,12H,11H2,1-6H3;8-9H,6H2,1-5H3;1-5H;1H2,2H3;1H2;2*1H;/q4*-1;;;;. The van der Waals surface area contributed by atoms with Crippen LogP contribution in [0.15, 0.2) is 77.9 Å². The first-order chi connectivity index (χ1) is 20.1. The Kier molecular flexibility index (Phi) is 20.9. The molecule has 0 aliphatic heterocycles. The fourth-order valence-corrected chi connectivity index (χ4v) is 5.11. The monoisotopic (exact) mass is 722 g/mol. The van der Waals surface area contributed by atoms with E-state index in [0.717, 1.165) is 12.8 Å². The second-order valence-corrected chi connectivity index (χ2v) is 14.0. The summed E-state index contributed by atoms with van der Waals surface area (Å²) in [4.78, 5) is 0. The summed E-state index contributed by atoms with van der Waals surface area (Å²) in [6.07, 6.45) is 7.98. The molecule has 0 saturated carbocycles. The Labute approximate surface area is 305 Å². The molecule has 0 fully saturated rings. The first-order valence-electron chi connectivity index (χ1n) is 15.6. The molecule has 0 amide bonds. The van der Waals surface area contributed by atoms with Crippen molar-refractivity contribution < 1.29 is 24.2 Å². The van der Waals surface area contributed by atoms with Gasteiger partial charge in [-0.15, -0.1) is 35.9 Å². The Morgan fingerprint density at radius 2 is 1.36 bits per heavy atom. The van der Waals surface area contributed by atoms with Crippen LogP contribution in [0.1, 0.15) is 112 Å². The summed E-state index contributed by atoms with van der Waals surface area (Å²) in [6, 6.07) is 27.7. The van der Waals surface area contributed by atoms with E-state index < -0.39 is 0 Å². The summed E-state index contributed by atoms with van der Waals surface area (Å²) in [5.74, 6) is 0.522. The predicted molar refractivity (Wildman–Crippen MR) is 203 cm³/mol. The molecule has 0 bridgehead atoms. The zero-order valence-corrected chi connectivity index (χ0v) is 34.2. The van der Waals surface area contributed by atoms with Crippen LogP contribution < -0.4 is 0 Å². The molecule has 2 aliphatic rings. The Morgan fingerprint density at radius 1 is 0.800 bits per heavy atom. The molecule has 2 aliphatic carbocycles. The minimum absolute atomic E-state index is 0. The summed E-state index contributed by atoms with van der Waals surface area (Å²) in [6.45, 7) is 29.8. The number of hydrogen-bond acceptors (Lipinski definition) is 0. The summed E-state index contributed by atoms with van der Waals surface area (Å²) >= 11 is 1.30. The largest absolute Gasteiger partial charge is 0.184 e. The Morgan fingerprint density at radius 3 is 1.76 bits per heavy atom. The Bertz CT molecular complexity index is 1240. The quantitative estimate of drug-likeness (QED) is 0.172. The van der Waals surface area contributed by atoms with Gasteiger partial charge >= 0.3 is 28.4 Å². The molecule has 0 saturated heterocycles. The molecule has 1 unspecified atom stereocenters. The van der Waals surface area contributed by atoms with Crippen LogP contribution in [0.4, 0.5) is 0 Å². The molecular formula is C42H58Cl2Zr-4. The van der Waals surface area contributed by atoms with Gasteiger partial charge in [-0.2, -0.15) is 78.7 Å². The molecule has 45 heavy (non-hydrogen) atoms. The second kappa shape index (κ2) is 20.7. The van der Waals surface area contributed by atoms with E-state index in [2.05, 4.69) is 142 Å². The molecule has 0 spiro atoms. The van der Waals surface area contributed by atoms with Gasteiger partial charge < -0.3 is 6.92 Å². The van der Waals surface area contributed by atoms with Crippen molar-refractivity contribution in [1.82, 2.24) is 0 Å². The van der Waals surface area contributed by atoms with Crippen LogP contribution in [-0.4, -0.2) is 4.21 Å². The van der Waals surface area contributed by atoms with Crippen LogP contribution in [0.5, 0.6) is 0 Å². The van der Waals surface area contributed by atoms with E-state index in [0.29, 0.717) is 11.3 Å². The number of benzene rings is 3. The van der Waals surface area contributed by atoms with Gasteiger partial charge in [0.2, 0.25) is 0 Å². The molecule has 0 nitrogen and oxygen atoms in total. The third-order valence-corrected chi connectivity index (χ3v) is 7.38. The third kappa shape index (κ3) is 14.0. The van der Waals surface area contributed by atoms with Gasteiger partial charge in [-0.25, -0.2) is 5.57 Å². The maximum atomic E-state index is 3.67. The maximum absolute atomic E-state index is 3.67. The second-order valence-electron chi connectivity index (χ2n) is 14.0. The van der Waals surface area contributed by atoms with E-state index in [1.54, 1.807) is 6.92 Å². The van der Waals surface area contributed by atoms with Crippen molar-refractivity contribution >= 4 is 29.0 Å². The van der Waals surface area contributed by atoms with Crippen molar-refractivity contribution in [3.63, 3.8) is 0 Å². The van der Waals surface area contributed by atoms with Gasteiger partial charge in [0.1, 0.15) is 0 Å². The smallest absolute Gasteiger partial charge is 0.171 e. The van der Waals surface area contributed by atoms with E-state index in [1.807, 2.05) is 30.3 Å². The zero-order valence-electron chi connectivity index (χ0n) is 30.1. The van der Waals surface area contributed by atoms with Crippen molar-refractivity contribution in [3.8, 4) is 11.1 Å². The molecule has 5 rings (SSSR count). The van der Waals surface area contributed by atoms with Crippen molar-refractivity contribution in [3.05, 3.63) is 125 Å². The molecule has 248 valence electrons. The van der Waals surface area contributed by atoms with Crippen LogP contribution in [0.25, 0.3) is 11.1 Å². The fourth-order valence-electron chi connectivity index (χ4n) is 5.11. The van der Waals surface area contributed by atoms with Crippen LogP contribution >= 0.6 is 24.8 Å². The fraction of sp³-hybridized carbons (Fsp3) is 0.429. The minimum Gasteiger partial charge on any atom is -0.184 e. The van der Waals surface area contributed by atoms with Crippen molar-refractivity contribution in [2.45, 2.75) is 107 Å². The van der Waals surface area contributed by atoms with Gasteiger partial charge in [0.25, 0.3) is 0 Å². The third-order valence-electron chi connectivity index (χ3n) is 7.38. The first-order valence-corrected chi connectivity index (χ1v) is 17.4. The van der Waals surface area contributed by atoms with Gasteiger partial charge in [-0.3, -0.25) is 6.08 Å². The Balaban J connectivity index is 0. The summed E-state index contributed by atoms with van der Waals surface area (Å²) in [7, 11) is 0. The normalized spacial score (nSPS) is 14.2. The average molecular weight is 725 g/mol. The topological polar surface area (TPSA) is 0 Å². The SMILES string of the molecule is CC(C)(C)c1[c-]c2c(cc1)-c1ccc(C(C)(C)C)cc1C2.CCC1=[C-]C(C)C=C1C(C)(C)C.Cl.Cl.[CH2-]C.[CH2]=[Zr].[c-]1ccccc1. The van der Waals surface area contributed by atoms with Gasteiger partial charge in [0.15, 0.2) is 0 Å². The Hall–Kier alpha value is -1.53. The zero-order chi connectivity index (χ0) is 33.0. The summed E-state index contributed by atoms with van der Waals surface area (Å²) in [5.41, 5.74) is 11.9. The number of allylic oxidation sites excluding steroid dienone is 4. The van der Waals surface area contributed by atoms with Crippen molar-refractivity contribution in [2.75, 3.05) is 0 Å².